The molecule has 16 heteroatoms. The second kappa shape index (κ2) is 12.1. The molecule has 0 atom stereocenters. The van der Waals surface area contributed by atoms with E-state index >= 15 is 0 Å². The smallest absolute Gasteiger partial charge is 0.296 e. The molecule has 13 nitrogen and oxygen atoms in total. The maximum atomic E-state index is 12.3. The molecule has 3 aromatic rings. The Labute approximate surface area is 214 Å². The van der Waals surface area contributed by atoms with Crippen molar-refractivity contribution in [1.82, 2.24) is 20.3 Å². The second-order valence-electron chi connectivity index (χ2n) is 6.41. The van der Waals surface area contributed by atoms with E-state index < -0.39 is 20.9 Å². The molecule has 1 aromatic heterocycles. The number of carbonyl (C=O) groups is 1. The Morgan fingerprint density at radius 1 is 1.14 bits per heavy atom. The fourth-order valence-electron chi connectivity index (χ4n) is 2.56. The summed E-state index contributed by atoms with van der Waals surface area (Å²) in [6.07, 6.45) is 1.07. The number of halogens is 1. The van der Waals surface area contributed by atoms with E-state index in [0.717, 1.165) is 12.3 Å². The normalized spacial score (nSPS) is 10.5. The Balaban J connectivity index is 1.71. The van der Waals surface area contributed by atoms with Gasteiger partial charge in [0.1, 0.15) is 23.2 Å². The first-order chi connectivity index (χ1) is 17.2. The van der Waals surface area contributed by atoms with E-state index in [4.69, 9.17) is 21.9 Å². The molecule has 2 aromatic carbocycles. The summed E-state index contributed by atoms with van der Waals surface area (Å²) in [5.74, 6) is -0.410. The predicted molar refractivity (Wildman–Crippen MR) is 134 cm³/mol. The Morgan fingerprint density at radius 2 is 1.83 bits per heavy atom. The Hall–Kier alpha value is -4.07. The van der Waals surface area contributed by atoms with Crippen LogP contribution in [0.4, 0.5) is 29.0 Å². The van der Waals surface area contributed by atoms with Crippen molar-refractivity contribution < 1.29 is 27.0 Å². The van der Waals surface area contributed by atoms with Crippen molar-refractivity contribution in [3.8, 4) is 11.3 Å². The van der Waals surface area contributed by atoms with Crippen molar-refractivity contribution in [2.75, 3.05) is 16.4 Å². The molecule has 0 saturated heterocycles. The number of rotatable bonds is 9. The summed E-state index contributed by atoms with van der Waals surface area (Å²) in [5, 5.41) is 10.4. The minimum Gasteiger partial charge on any atom is -0.398 e. The molecule has 0 unspecified atom stereocenters. The first-order valence-corrected chi connectivity index (χ1v) is 12.0. The SMILES string of the molecule is C=COOSC#CNC(=O)c1cccc(Nc2nc(Cl)nc(Nc3ccc(S(=O)(=O)O)c(N)c3)n2)c1. The molecule has 36 heavy (non-hydrogen) atoms. The predicted octanol–water partition coefficient (Wildman–Crippen LogP) is 3.23. The standard InChI is InChI=1S/C20H16ClN7O6S2/c1-2-33-34-35-9-8-23-17(29)12-4-3-5-13(10-12)24-19-26-18(21)27-20(28-19)25-14-6-7-16(15(22)11-14)36(30,31)32/h2-7,10-11H,1,22H2,(H,23,29)(H,30,31,32)(H2,24,25,26,27,28). The lowest BCUT2D eigenvalue weighted by molar-refractivity contribution is -0.127. The number of nitrogens with zero attached hydrogens (tertiary/aromatic N) is 3. The van der Waals surface area contributed by atoms with E-state index in [9.17, 15) is 13.2 Å². The Kier molecular flexibility index (Phi) is 8.89. The van der Waals surface area contributed by atoms with E-state index in [1.54, 1.807) is 18.2 Å². The van der Waals surface area contributed by atoms with Crippen LogP contribution in [0.5, 0.6) is 0 Å². The van der Waals surface area contributed by atoms with Crippen molar-refractivity contribution in [2.24, 2.45) is 0 Å². The zero-order valence-corrected chi connectivity index (χ0v) is 20.3. The van der Waals surface area contributed by atoms with Gasteiger partial charge in [-0.15, -0.1) is 4.33 Å². The highest BCUT2D eigenvalue weighted by atomic mass is 35.5. The zero-order chi connectivity index (χ0) is 26.1. The first-order valence-electron chi connectivity index (χ1n) is 9.48. The molecule has 0 bridgehead atoms. The minimum atomic E-state index is -4.47. The molecule has 0 aliphatic carbocycles. The largest absolute Gasteiger partial charge is 0.398 e. The number of anilines is 5. The number of hydrogen-bond acceptors (Lipinski definition) is 12. The van der Waals surface area contributed by atoms with Gasteiger partial charge in [-0.05, 0) is 48.0 Å². The van der Waals surface area contributed by atoms with Crippen molar-refractivity contribution in [2.45, 2.75) is 4.90 Å². The highest BCUT2D eigenvalue weighted by molar-refractivity contribution is 7.99. The average Bonchev–Trinajstić information content (AvgIpc) is 2.80. The number of nitrogens with two attached hydrogens (primary N) is 1. The summed E-state index contributed by atoms with van der Waals surface area (Å²) in [6, 6.07) is 12.5. The van der Waals surface area contributed by atoms with Crippen LogP contribution in [0.1, 0.15) is 10.4 Å². The van der Waals surface area contributed by atoms with Gasteiger partial charge < -0.3 is 21.3 Å². The fraction of sp³-hybridized carbons (Fsp3) is 0. The number of nitrogens with one attached hydrogen (secondary N) is 3. The van der Waals surface area contributed by atoms with Crippen LogP contribution in [0, 0.1) is 11.3 Å². The highest BCUT2D eigenvalue weighted by Crippen LogP contribution is 2.25. The topological polar surface area (TPSA) is 191 Å². The van der Waals surface area contributed by atoms with Crippen molar-refractivity contribution >= 4 is 68.6 Å². The average molecular weight is 550 g/mol. The van der Waals surface area contributed by atoms with Crippen LogP contribution in [-0.4, -0.2) is 33.8 Å². The minimum absolute atomic E-state index is 0.0147. The Morgan fingerprint density at radius 3 is 2.47 bits per heavy atom. The molecule has 1 amide bonds. The molecule has 3 rings (SSSR count). The van der Waals surface area contributed by atoms with Crippen molar-refractivity contribution in [3.05, 3.63) is 66.2 Å². The number of nitrogen functional groups attached to an aromatic ring is 1. The van der Waals surface area contributed by atoms with E-state index in [2.05, 4.69) is 58.0 Å². The number of amides is 1. The molecular formula is C20H16ClN7O6S2. The number of carbonyl (C=O) groups excluding carboxylic acids is 1. The maximum absolute atomic E-state index is 12.3. The van der Waals surface area contributed by atoms with Crippen molar-refractivity contribution in [1.29, 1.82) is 0 Å². The molecule has 0 fully saturated rings. The van der Waals surface area contributed by atoms with Gasteiger partial charge in [-0.1, -0.05) is 12.6 Å². The zero-order valence-electron chi connectivity index (χ0n) is 17.9. The van der Waals surface area contributed by atoms with Crippen LogP contribution < -0.4 is 21.7 Å². The number of hydrogen-bond donors (Lipinski definition) is 5. The van der Waals surface area contributed by atoms with Crippen LogP contribution in [0.3, 0.4) is 0 Å². The maximum Gasteiger partial charge on any atom is 0.296 e. The highest BCUT2D eigenvalue weighted by Gasteiger charge is 2.15. The van der Waals surface area contributed by atoms with Gasteiger partial charge in [0.25, 0.3) is 16.0 Å². The van der Waals surface area contributed by atoms with Crippen LogP contribution in [0.15, 0.2) is 60.2 Å². The molecule has 0 radical (unpaired) electrons. The van der Waals surface area contributed by atoms with E-state index in [-0.39, 0.29) is 28.4 Å². The fourth-order valence-corrected chi connectivity index (χ4v) is 3.54. The first kappa shape index (κ1) is 26.5. The van der Waals surface area contributed by atoms with E-state index in [0.29, 0.717) is 23.4 Å². The monoisotopic (exact) mass is 549 g/mol. The second-order valence-corrected chi connectivity index (χ2v) is 8.64. The van der Waals surface area contributed by atoms with Crippen LogP contribution in [0.2, 0.25) is 5.28 Å². The molecule has 0 saturated carbocycles. The number of benzene rings is 2. The van der Waals surface area contributed by atoms with Crippen LogP contribution in [-0.2, 0) is 19.3 Å². The molecule has 1 heterocycles. The molecule has 186 valence electrons. The third kappa shape index (κ3) is 7.73. The quantitative estimate of drug-likeness (QED) is 0.0301. The molecule has 0 spiro atoms. The summed E-state index contributed by atoms with van der Waals surface area (Å²) in [5.41, 5.74) is 6.58. The van der Waals surface area contributed by atoms with Gasteiger partial charge in [-0.3, -0.25) is 14.7 Å². The summed E-state index contributed by atoms with van der Waals surface area (Å²) < 4.78 is 36.3. The molecular weight excluding hydrogens is 534 g/mol. The van der Waals surface area contributed by atoms with Crippen molar-refractivity contribution in [3.63, 3.8) is 0 Å². The summed E-state index contributed by atoms with van der Waals surface area (Å²) in [6.45, 7) is 3.29. The third-order valence-electron chi connectivity index (χ3n) is 3.94. The van der Waals surface area contributed by atoms with Crippen LogP contribution >= 0.6 is 23.6 Å². The van der Waals surface area contributed by atoms with Gasteiger partial charge in [0.2, 0.25) is 17.2 Å². The van der Waals surface area contributed by atoms with Gasteiger partial charge in [0.15, 0.2) is 0 Å². The van der Waals surface area contributed by atoms with Gasteiger partial charge in [-0.2, -0.15) is 23.4 Å². The third-order valence-corrected chi connectivity index (χ3v) is 5.37. The lowest BCUT2D eigenvalue weighted by atomic mass is 10.2. The molecule has 0 aliphatic rings. The summed E-state index contributed by atoms with van der Waals surface area (Å²) in [4.78, 5) is 28.4. The van der Waals surface area contributed by atoms with E-state index in [1.807, 2.05) is 0 Å². The molecule has 0 aliphatic heterocycles. The van der Waals surface area contributed by atoms with Gasteiger partial charge in [0.05, 0.1) is 5.69 Å². The van der Waals surface area contributed by atoms with Gasteiger partial charge in [-0.25, -0.2) is 0 Å². The summed E-state index contributed by atoms with van der Waals surface area (Å²) >= 11 is 6.66. The lowest BCUT2D eigenvalue weighted by Crippen LogP contribution is -2.17. The van der Waals surface area contributed by atoms with E-state index in [1.165, 1.54) is 18.2 Å². The Bertz CT molecular complexity index is 1460. The molecule has 6 N–H and O–H groups in total. The van der Waals surface area contributed by atoms with Crippen LogP contribution in [0.25, 0.3) is 0 Å². The number of aromatic nitrogens is 3. The van der Waals surface area contributed by atoms with Gasteiger partial charge >= 0.3 is 0 Å². The summed E-state index contributed by atoms with van der Waals surface area (Å²) in [7, 11) is -4.47. The lowest BCUT2D eigenvalue weighted by Gasteiger charge is -2.10. The van der Waals surface area contributed by atoms with Gasteiger partial charge in [0, 0.05) is 28.2 Å².